The van der Waals surface area contributed by atoms with Gasteiger partial charge in [0.15, 0.2) is 0 Å². The minimum absolute atomic E-state index is 0.189. The molecule has 0 bridgehead atoms. The third-order valence-electron chi connectivity index (χ3n) is 6.79. The summed E-state index contributed by atoms with van der Waals surface area (Å²) in [7, 11) is 7.47. The van der Waals surface area contributed by atoms with Crippen molar-refractivity contribution in [2.24, 2.45) is 0 Å². The van der Waals surface area contributed by atoms with Crippen LogP contribution in [0.1, 0.15) is 108 Å². The second-order valence-electron chi connectivity index (χ2n) is 11.2. The summed E-state index contributed by atoms with van der Waals surface area (Å²) in [6.07, 6.45) is 0. The van der Waals surface area contributed by atoms with Crippen molar-refractivity contribution < 1.29 is 15.7 Å². The molecule has 1 aliphatic rings. The predicted molar refractivity (Wildman–Crippen MR) is 153 cm³/mol. The Kier molecular flexibility index (Phi) is 9.59. The zero-order valence-corrected chi connectivity index (χ0v) is 25.6. The van der Waals surface area contributed by atoms with Crippen molar-refractivity contribution in [2.75, 3.05) is 22.9 Å². The normalized spacial score (nSPS) is 15.3. The standard InChI is InChI=1S/C27H39N2.C4H7.ClH.Pd/c1-18(2)22-11-9-12-23(19(3)4)26(22)28-15-16-29(17-28)27-24(20(5)6)13-10-14-25(27)21(7)8;1-4(2)3;;/h9-14,17-21H,15-16H2,1-8H3;1-2H2,3H3;1H;/q;;;+1/p-1. The van der Waals surface area contributed by atoms with Crippen molar-refractivity contribution in [1.82, 2.24) is 0 Å². The molecular formula is C31H46ClN2Pd. The zero-order valence-electron chi connectivity index (χ0n) is 23.3. The maximum atomic E-state index is 7.47. The van der Waals surface area contributed by atoms with Crippen molar-refractivity contribution in [3.63, 3.8) is 0 Å². The van der Waals surface area contributed by atoms with E-state index in [1.807, 2.05) is 0 Å². The van der Waals surface area contributed by atoms with Gasteiger partial charge in [0.1, 0.15) is 0 Å². The maximum absolute atomic E-state index is 7.47. The molecule has 1 saturated heterocycles. The average molecular weight is 589 g/mol. The molecule has 2 aromatic rings. The Morgan fingerprint density at radius 1 is 0.771 bits per heavy atom. The number of halogens is 1. The van der Waals surface area contributed by atoms with Crippen molar-refractivity contribution in [3.05, 3.63) is 70.8 Å². The van der Waals surface area contributed by atoms with Gasteiger partial charge in [-0.3, -0.25) is 0 Å². The van der Waals surface area contributed by atoms with Crippen molar-refractivity contribution >= 4 is 20.9 Å². The molecule has 0 aliphatic carbocycles. The van der Waals surface area contributed by atoms with Crippen LogP contribution in [0.15, 0.2) is 48.6 Å². The van der Waals surface area contributed by atoms with E-state index in [2.05, 4.69) is 115 Å². The quantitative estimate of drug-likeness (QED) is 0.213. The van der Waals surface area contributed by atoms with Gasteiger partial charge >= 0.3 is 226 Å². The van der Waals surface area contributed by atoms with Gasteiger partial charge in [-0.15, -0.1) is 0 Å². The summed E-state index contributed by atoms with van der Waals surface area (Å²) >= 11 is -1.48. The van der Waals surface area contributed by atoms with Crippen molar-refractivity contribution in [2.45, 2.75) is 95.5 Å². The van der Waals surface area contributed by atoms with Crippen LogP contribution in [0.5, 0.6) is 0 Å². The third-order valence-corrected chi connectivity index (χ3v) is 11.3. The van der Waals surface area contributed by atoms with E-state index in [9.17, 15) is 0 Å². The molecule has 2 aromatic carbocycles. The molecule has 2 nitrogen and oxygen atoms in total. The van der Waals surface area contributed by atoms with Crippen LogP contribution in [-0.2, 0) is 15.7 Å². The third kappa shape index (κ3) is 6.01. The van der Waals surface area contributed by atoms with E-state index < -0.39 is 15.7 Å². The van der Waals surface area contributed by atoms with Crippen LogP contribution in [0.3, 0.4) is 0 Å². The van der Waals surface area contributed by atoms with Gasteiger partial charge in [-0.05, 0) is 0 Å². The van der Waals surface area contributed by atoms with E-state index in [-0.39, 0.29) is 4.64 Å². The molecule has 0 atom stereocenters. The first-order valence-electron chi connectivity index (χ1n) is 13.1. The molecule has 0 N–H and O–H groups in total. The van der Waals surface area contributed by atoms with Gasteiger partial charge in [-0.25, -0.2) is 0 Å². The van der Waals surface area contributed by atoms with E-state index in [1.54, 1.807) is 0 Å². The summed E-state index contributed by atoms with van der Waals surface area (Å²) in [6.45, 7) is 26.9. The molecule has 1 heterocycles. The number of allylic oxidation sites excluding steroid dienone is 1. The molecule has 0 aromatic heterocycles. The Balaban J connectivity index is 2.26. The molecule has 0 spiro atoms. The van der Waals surface area contributed by atoms with Crippen molar-refractivity contribution in [3.8, 4) is 0 Å². The molecule has 3 rings (SSSR count). The Morgan fingerprint density at radius 3 is 1.34 bits per heavy atom. The Labute approximate surface area is 225 Å². The Hall–Kier alpha value is -1.27. The molecule has 197 valence electrons. The fraction of sp³-hybridized carbons (Fsp3) is 0.548. The van der Waals surface area contributed by atoms with E-state index in [0.29, 0.717) is 23.7 Å². The summed E-state index contributed by atoms with van der Waals surface area (Å²) in [6, 6.07) is 13.8. The number of benzene rings is 2. The molecular weight excluding hydrogens is 542 g/mol. The van der Waals surface area contributed by atoms with Crippen molar-refractivity contribution in [1.29, 1.82) is 0 Å². The van der Waals surface area contributed by atoms with E-state index in [1.165, 1.54) is 39.2 Å². The molecule has 0 amide bonds. The molecule has 1 aliphatic heterocycles. The van der Waals surface area contributed by atoms with Crippen LogP contribution in [-0.4, -0.2) is 17.7 Å². The van der Waals surface area contributed by atoms with Gasteiger partial charge in [0.25, 0.3) is 0 Å². The summed E-state index contributed by atoms with van der Waals surface area (Å²) in [5, 5.41) is 0. The van der Waals surface area contributed by atoms with Gasteiger partial charge in [-0.1, -0.05) is 0 Å². The van der Waals surface area contributed by atoms with E-state index >= 15 is 0 Å². The van der Waals surface area contributed by atoms with Gasteiger partial charge in [0, 0.05) is 0 Å². The SMILES string of the molecule is C=C(C)[CH2][Pd]([Cl])[CH]1N(c2c(C(C)C)cccc2C(C)C)CCN1c1c(C(C)C)cccc1C(C)C. The fourth-order valence-corrected chi connectivity index (χ4v) is 9.91. The van der Waals surface area contributed by atoms with Gasteiger partial charge in [-0.2, -0.15) is 0 Å². The Morgan fingerprint density at radius 2 is 1.09 bits per heavy atom. The number of hydrogen-bond acceptors (Lipinski definition) is 2. The number of hydrogen-bond donors (Lipinski definition) is 0. The summed E-state index contributed by atoms with van der Waals surface area (Å²) < 4.78 is 0.189. The molecule has 1 fully saturated rings. The number of para-hydroxylation sites is 2. The Bertz CT molecular complexity index is 903. The first-order chi connectivity index (χ1) is 16.5. The predicted octanol–water partition coefficient (Wildman–Crippen LogP) is 9.56. The van der Waals surface area contributed by atoms with Crippen LogP contribution >= 0.6 is 9.53 Å². The second kappa shape index (κ2) is 11.9. The first-order valence-corrected chi connectivity index (χ1v) is 17.1. The monoisotopic (exact) mass is 587 g/mol. The number of nitrogens with zero attached hydrogens (tertiary/aromatic N) is 2. The van der Waals surface area contributed by atoms with Crippen LogP contribution in [0.4, 0.5) is 11.4 Å². The van der Waals surface area contributed by atoms with Crippen LogP contribution in [0.2, 0.25) is 4.89 Å². The fourth-order valence-electron chi connectivity index (χ4n) is 5.14. The van der Waals surface area contributed by atoms with Crippen LogP contribution in [0.25, 0.3) is 0 Å². The second-order valence-corrected chi connectivity index (χ2v) is 15.8. The zero-order chi connectivity index (χ0) is 26.0. The molecule has 4 heteroatoms. The van der Waals surface area contributed by atoms with E-state index in [4.69, 9.17) is 9.53 Å². The summed E-state index contributed by atoms with van der Waals surface area (Å²) in [4.78, 5) is 6.29. The summed E-state index contributed by atoms with van der Waals surface area (Å²) in [5.41, 5.74) is 9.79. The molecule has 0 unspecified atom stereocenters. The van der Waals surface area contributed by atoms with Gasteiger partial charge < -0.3 is 0 Å². The first kappa shape index (κ1) is 28.3. The molecule has 35 heavy (non-hydrogen) atoms. The van der Waals surface area contributed by atoms with E-state index in [0.717, 1.165) is 18.0 Å². The van der Waals surface area contributed by atoms with Gasteiger partial charge in [0.05, 0.1) is 0 Å². The molecule has 0 saturated carbocycles. The number of rotatable bonds is 9. The van der Waals surface area contributed by atoms with Crippen LogP contribution < -0.4 is 9.80 Å². The molecule has 0 radical (unpaired) electrons. The van der Waals surface area contributed by atoms with Gasteiger partial charge in [0.2, 0.25) is 0 Å². The minimum atomic E-state index is -1.48. The number of anilines is 2. The topological polar surface area (TPSA) is 6.48 Å². The summed E-state index contributed by atoms with van der Waals surface area (Å²) in [5.74, 6) is 1.84. The average Bonchev–Trinajstić information content (AvgIpc) is 3.21. The van der Waals surface area contributed by atoms with Crippen LogP contribution in [0, 0.1) is 0 Å².